The Labute approximate surface area is 114 Å². The van der Waals surface area contributed by atoms with Crippen molar-refractivity contribution in [1.82, 2.24) is 5.32 Å². The Morgan fingerprint density at radius 3 is 2.84 bits per heavy atom. The molecule has 0 bridgehead atoms. The van der Waals surface area contributed by atoms with E-state index in [4.69, 9.17) is 9.47 Å². The first-order chi connectivity index (χ1) is 9.01. The number of carboxylic acid groups (broad SMARTS) is 1. The largest absolute Gasteiger partial charge is 0.480 e. The molecule has 2 fully saturated rings. The Morgan fingerprint density at radius 2 is 2.26 bits per heavy atom. The smallest absolute Gasteiger partial charge is 0.320 e. The van der Waals surface area contributed by atoms with Crippen molar-refractivity contribution in [2.45, 2.75) is 57.2 Å². The van der Waals surface area contributed by atoms with Gasteiger partial charge in [0.05, 0.1) is 12.2 Å². The summed E-state index contributed by atoms with van der Waals surface area (Å²) in [6.45, 7) is 6.19. The fraction of sp³-hybridized carbons (Fsp3) is 0.929. The van der Waals surface area contributed by atoms with Gasteiger partial charge in [-0.15, -0.1) is 0 Å². The topological polar surface area (TPSA) is 67.8 Å². The van der Waals surface area contributed by atoms with Gasteiger partial charge in [-0.05, 0) is 25.2 Å². The molecule has 5 heteroatoms. The maximum absolute atomic E-state index is 11.3. The Balaban J connectivity index is 1.91. The van der Waals surface area contributed by atoms with Crippen molar-refractivity contribution in [3.8, 4) is 0 Å². The first-order valence-electron chi connectivity index (χ1n) is 7.21. The molecular formula is C14H25NO4. The quantitative estimate of drug-likeness (QED) is 0.791. The number of rotatable bonds is 5. The van der Waals surface area contributed by atoms with Crippen molar-refractivity contribution in [2.75, 3.05) is 19.8 Å². The SMILES string of the molecule is CC(C)CC(NC1CCOC2(CCOC2)C1)C(=O)O. The summed E-state index contributed by atoms with van der Waals surface area (Å²) in [5.74, 6) is -0.380. The molecule has 0 aromatic rings. The number of aliphatic carboxylic acids is 1. The molecule has 2 aliphatic rings. The van der Waals surface area contributed by atoms with Gasteiger partial charge in [-0.3, -0.25) is 4.79 Å². The van der Waals surface area contributed by atoms with E-state index in [0.717, 1.165) is 25.9 Å². The van der Waals surface area contributed by atoms with Crippen LogP contribution in [-0.2, 0) is 14.3 Å². The molecule has 2 rings (SSSR count). The minimum Gasteiger partial charge on any atom is -0.480 e. The minimum atomic E-state index is -0.753. The van der Waals surface area contributed by atoms with E-state index in [-0.39, 0.29) is 11.6 Å². The van der Waals surface area contributed by atoms with Crippen molar-refractivity contribution in [3.63, 3.8) is 0 Å². The van der Waals surface area contributed by atoms with Gasteiger partial charge >= 0.3 is 5.97 Å². The Kier molecular flexibility index (Phi) is 4.81. The van der Waals surface area contributed by atoms with Crippen LogP contribution < -0.4 is 5.32 Å². The summed E-state index contributed by atoms with van der Waals surface area (Å²) in [6, 6.07) is -0.238. The normalized spacial score (nSPS) is 32.9. The third-order valence-corrected chi connectivity index (χ3v) is 4.00. The molecule has 3 unspecified atom stereocenters. The number of nitrogens with one attached hydrogen (secondary N) is 1. The highest BCUT2D eigenvalue weighted by Gasteiger charge is 2.41. The van der Waals surface area contributed by atoms with Crippen LogP contribution in [0.25, 0.3) is 0 Å². The van der Waals surface area contributed by atoms with E-state index in [2.05, 4.69) is 5.32 Å². The average Bonchev–Trinajstić information content (AvgIpc) is 2.76. The third-order valence-electron chi connectivity index (χ3n) is 4.00. The summed E-state index contributed by atoms with van der Waals surface area (Å²) in [5, 5.41) is 12.6. The second kappa shape index (κ2) is 6.20. The second-order valence-electron chi connectivity index (χ2n) is 6.21. The van der Waals surface area contributed by atoms with Crippen LogP contribution in [0, 0.1) is 5.92 Å². The fourth-order valence-electron chi connectivity index (χ4n) is 3.03. The molecule has 0 aliphatic carbocycles. The molecule has 110 valence electrons. The lowest BCUT2D eigenvalue weighted by molar-refractivity contribution is -0.141. The molecule has 3 atom stereocenters. The maximum Gasteiger partial charge on any atom is 0.320 e. The first-order valence-corrected chi connectivity index (χ1v) is 7.21. The summed E-state index contributed by atoms with van der Waals surface area (Å²) in [6.07, 6.45) is 3.32. The fourth-order valence-corrected chi connectivity index (χ4v) is 3.03. The van der Waals surface area contributed by atoms with Crippen molar-refractivity contribution in [2.24, 2.45) is 5.92 Å². The van der Waals surface area contributed by atoms with Crippen LogP contribution in [0.5, 0.6) is 0 Å². The van der Waals surface area contributed by atoms with Crippen LogP contribution in [-0.4, -0.2) is 48.6 Å². The molecule has 2 saturated heterocycles. The molecule has 2 heterocycles. The zero-order valence-electron chi connectivity index (χ0n) is 11.9. The predicted molar refractivity (Wildman–Crippen MR) is 71.2 cm³/mol. The third kappa shape index (κ3) is 3.91. The average molecular weight is 271 g/mol. The molecule has 0 amide bonds. The van der Waals surface area contributed by atoms with Crippen LogP contribution in [0.15, 0.2) is 0 Å². The van der Waals surface area contributed by atoms with Crippen molar-refractivity contribution in [1.29, 1.82) is 0 Å². The van der Waals surface area contributed by atoms with Gasteiger partial charge < -0.3 is 19.9 Å². The van der Waals surface area contributed by atoms with Crippen LogP contribution in [0.1, 0.15) is 39.5 Å². The lowest BCUT2D eigenvalue weighted by atomic mass is 9.89. The lowest BCUT2D eigenvalue weighted by Gasteiger charge is -2.38. The highest BCUT2D eigenvalue weighted by atomic mass is 16.6. The predicted octanol–water partition coefficient (Wildman–Crippen LogP) is 1.41. The van der Waals surface area contributed by atoms with Gasteiger partial charge in [-0.1, -0.05) is 13.8 Å². The van der Waals surface area contributed by atoms with E-state index < -0.39 is 12.0 Å². The van der Waals surface area contributed by atoms with E-state index in [1.54, 1.807) is 0 Å². The van der Waals surface area contributed by atoms with E-state index in [1.165, 1.54) is 0 Å². The molecule has 0 aromatic heterocycles. The van der Waals surface area contributed by atoms with E-state index in [0.29, 0.717) is 25.6 Å². The molecule has 0 radical (unpaired) electrons. The van der Waals surface area contributed by atoms with Gasteiger partial charge in [0.15, 0.2) is 0 Å². The highest BCUT2D eigenvalue weighted by Crippen LogP contribution is 2.33. The lowest BCUT2D eigenvalue weighted by Crippen LogP contribution is -2.52. The molecule has 2 aliphatic heterocycles. The summed E-state index contributed by atoms with van der Waals surface area (Å²) in [7, 11) is 0. The molecule has 0 saturated carbocycles. The zero-order chi connectivity index (χ0) is 13.9. The van der Waals surface area contributed by atoms with Crippen molar-refractivity contribution < 1.29 is 19.4 Å². The van der Waals surface area contributed by atoms with Gasteiger partial charge in [0.1, 0.15) is 6.04 Å². The number of carbonyl (C=O) groups is 1. The number of carboxylic acids is 1. The van der Waals surface area contributed by atoms with Crippen molar-refractivity contribution >= 4 is 5.97 Å². The highest BCUT2D eigenvalue weighted by molar-refractivity contribution is 5.73. The second-order valence-corrected chi connectivity index (χ2v) is 6.21. The molecule has 2 N–H and O–H groups in total. The van der Waals surface area contributed by atoms with Gasteiger partial charge in [0.2, 0.25) is 0 Å². The summed E-state index contributed by atoms with van der Waals surface area (Å²) >= 11 is 0. The number of hydrogen-bond donors (Lipinski definition) is 2. The Morgan fingerprint density at radius 1 is 1.47 bits per heavy atom. The van der Waals surface area contributed by atoms with Crippen LogP contribution >= 0.6 is 0 Å². The molecule has 1 spiro atoms. The Bertz CT molecular complexity index is 313. The number of hydrogen-bond acceptors (Lipinski definition) is 4. The first kappa shape index (κ1) is 14.8. The van der Waals surface area contributed by atoms with Crippen LogP contribution in [0.2, 0.25) is 0 Å². The van der Waals surface area contributed by atoms with Crippen LogP contribution in [0.4, 0.5) is 0 Å². The summed E-state index contributed by atoms with van der Waals surface area (Å²) in [5.41, 5.74) is -0.170. The van der Waals surface area contributed by atoms with Gasteiger partial charge in [0.25, 0.3) is 0 Å². The van der Waals surface area contributed by atoms with E-state index in [9.17, 15) is 9.90 Å². The van der Waals surface area contributed by atoms with E-state index >= 15 is 0 Å². The molecule has 5 nitrogen and oxygen atoms in total. The zero-order valence-corrected chi connectivity index (χ0v) is 11.9. The van der Waals surface area contributed by atoms with Gasteiger partial charge in [0, 0.05) is 25.7 Å². The number of ether oxygens (including phenoxy) is 2. The van der Waals surface area contributed by atoms with Gasteiger partial charge in [-0.2, -0.15) is 0 Å². The molecule has 0 aromatic carbocycles. The standard InChI is InChI=1S/C14H25NO4/c1-10(2)7-12(13(16)17)15-11-3-5-19-14(8-11)4-6-18-9-14/h10-12,15H,3-9H2,1-2H3,(H,16,17). The summed E-state index contributed by atoms with van der Waals surface area (Å²) in [4.78, 5) is 11.3. The molecular weight excluding hydrogens is 246 g/mol. The Hall–Kier alpha value is -0.650. The van der Waals surface area contributed by atoms with Gasteiger partial charge in [-0.25, -0.2) is 0 Å². The summed E-state index contributed by atoms with van der Waals surface area (Å²) < 4.78 is 11.3. The molecule has 19 heavy (non-hydrogen) atoms. The monoisotopic (exact) mass is 271 g/mol. The van der Waals surface area contributed by atoms with E-state index in [1.807, 2.05) is 13.8 Å². The minimum absolute atomic E-state index is 0.170. The maximum atomic E-state index is 11.3. The van der Waals surface area contributed by atoms with Crippen molar-refractivity contribution in [3.05, 3.63) is 0 Å². The van der Waals surface area contributed by atoms with Crippen LogP contribution in [0.3, 0.4) is 0 Å².